The van der Waals surface area contributed by atoms with Crippen LogP contribution in [0.2, 0.25) is 0 Å². The lowest BCUT2D eigenvalue weighted by Crippen LogP contribution is -2.54. The van der Waals surface area contributed by atoms with E-state index in [1.807, 2.05) is 12.4 Å². The van der Waals surface area contributed by atoms with Gasteiger partial charge in [0.15, 0.2) is 0 Å². The Hall–Kier alpha value is -1.98. The number of benzene rings is 1. The van der Waals surface area contributed by atoms with E-state index >= 15 is 0 Å². The van der Waals surface area contributed by atoms with Gasteiger partial charge in [-0.2, -0.15) is 0 Å². The molecule has 0 bridgehead atoms. The second kappa shape index (κ2) is 7.95. The van der Waals surface area contributed by atoms with Gasteiger partial charge in [-0.3, -0.25) is 14.8 Å². The molecule has 2 aliphatic heterocycles. The maximum Gasteiger partial charge on any atom is 0.147 e. The first-order valence-corrected chi connectivity index (χ1v) is 10.2. The van der Waals surface area contributed by atoms with Crippen molar-refractivity contribution >= 4 is 5.82 Å². The first kappa shape index (κ1) is 18.4. The molecule has 144 valence electrons. The topological polar surface area (TPSA) is 35.5 Å². The van der Waals surface area contributed by atoms with Crippen LogP contribution >= 0.6 is 0 Å². The van der Waals surface area contributed by atoms with Gasteiger partial charge in [-0.1, -0.05) is 24.3 Å². The summed E-state index contributed by atoms with van der Waals surface area (Å²) in [6.07, 6.45) is 6.35. The Morgan fingerprint density at radius 2 is 1.59 bits per heavy atom. The Kier molecular flexibility index (Phi) is 5.41. The van der Waals surface area contributed by atoms with Crippen molar-refractivity contribution in [2.24, 2.45) is 0 Å². The quantitative estimate of drug-likeness (QED) is 0.831. The normalized spacial score (nSPS) is 24.5. The van der Waals surface area contributed by atoms with Crippen molar-refractivity contribution in [2.45, 2.75) is 45.3 Å². The van der Waals surface area contributed by atoms with Gasteiger partial charge in [0.05, 0.1) is 18.1 Å². The largest absolute Gasteiger partial charge is 0.355 e. The van der Waals surface area contributed by atoms with Crippen molar-refractivity contribution in [2.75, 3.05) is 38.1 Å². The summed E-state index contributed by atoms with van der Waals surface area (Å²) in [5, 5.41) is 0. The Bertz CT molecular complexity index is 724. The molecule has 4 rings (SSSR count). The Morgan fingerprint density at radius 3 is 2.19 bits per heavy atom. The second-order valence-corrected chi connectivity index (χ2v) is 8.21. The van der Waals surface area contributed by atoms with E-state index in [2.05, 4.69) is 69.8 Å². The molecule has 2 atom stereocenters. The molecular formula is C22H31N5. The molecule has 2 saturated heterocycles. The van der Waals surface area contributed by atoms with Gasteiger partial charge in [0.25, 0.3) is 0 Å². The first-order chi connectivity index (χ1) is 13.1. The molecule has 2 aliphatic rings. The summed E-state index contributed by atoms with van der Waals surface area (Å²) >= 11 is 0. The predicted octanol–water partition coefficient (Wildman–Crippen LogP) is 3.27. The van der Waals surface area contributed by atoms with Crippen LogP contribution in [0.3, 0.4) is 0 Å². The summed E-state index contributed by atoms with van der Waals surface area (Å²) in [5.41, 5.74) is 3.45. The van der Waals surface area contributed by atoms with Crippen LogP contribution < -0.4 is 4.90 Å². The van der Waals surface area contributed by atoms with Gasteiger partial charge in [0.2, 0.25) is 0 Å². The van der Waals surface area contributed by atoms with Gasteiger partial charge >= 0.3 is 0 Å². The van der Waals surface area contributed by atoms with Gasteiger partial charge in [-0.25, -0.2) is 4.98 Å². The highest BCUT2D eigenvalue weighted by atomic mass is 15.3. The molecule has 0 N–H and O–H groups in total. The van der Waals surface area contributed by atoms with Crippen LogP contribution in [0.15, 0.2) is 36.7 Å². The Morgan fingerprint density at radius 1 is 0.926 bits per heavy atom. The number of nitrogens with zero attached hydrogens (tertiary/aromatic N) is 5. The fraction of sp³-hybridized carbons (Fsp3) is 0.545. The zero-order valence-corrected chi connectivity index (χ0v) is 16.8. The lowest BCUT2D eigenvalue weighted by molar-refractivity contribution is 0.0556. The number of piperazine rings is 1. The predicted molar refractivity (Wildman–Crippen MR) is 111 cm³/mol. The molecule has 5 nitrogen and oxygen atoms in total. The molecule has 0 aliphatic carbocycles. The van der Waals surface area contributed by atoms with E-state index < -0.39 is 0 Å². The van der Waals surface area contributed by atoms with Crippen molar-refractivity contribution in [3.63, 3.8) is 0 Å². The second-order valence-electron chi connectivity index (χ2n) is 8.21. The van der Waals surface area contributed by atoms with Crippen LogP contribution in [0.1, 0.15) is 32.3 Å². The zero-order chi connectivity index (χ0) is 18.8. The van der Waals surface area contributed by atoms with E-state index in [4.69, 9.17) is 0 Å². The average Bonchev–Trinajstić information content (AvgIpc) is 3.22. The van der Waals surface area contributed by atoms with Crippen LogP contribution in [0.5, 0.6) is 0 Å². The molecule has 0 saturated carbocycles. The van der Waals surface area contributed by atoms with Crippen molar-refractivity contribution in [1.29, 1.82) is 0 Å². The SMILES string of the molecule is CC1CN(Cc2ccc(-c3cnc(N4CCCC4)cn3)cc2)CC(C)N1C. The third kappa shape index (κ3) is 4.14. The van der Waals surface area contributed by atoms with Crippen LogP contribution in [0.25, 0.3) is 11.3 Å². The third-order valence-corrected chi connectivity index (χ3v) is 6.16. The summed E-state index contributed by atoms with van der Waals surface area (Å²) in [7, 11) is 2.23. The minimum absolute atomic E-state index is 0.609. The highest BCUT2D eigenvalue weighted by Crippen LogP contribution is 2.22. The van der Waals surface area contributed by atoms with Gasteiger partial charge in [0, 0.05) is 50.4 Å². The van der Waals surface area contributed by atoms with Crippen LogP contribution in [-0.4, -0.2) is 65.1 Å². The number of likely N-dealkylation sites (N-methyl/N-ethyl adjacent to an activating group) is 1. The fourth-order valence-electron chi connectivity index (χ4n) is 4.26. The van der Waals surface area contributed by atoms with Crippen molar-refractivity contribution in [3.8, 4) is 11.3 Å². The fourth-order valence-corrected chi connectivity index (χ4v) is 4.26. The summed E-state index contributed by atoms with van der Waals surface area (Å²) in [6, 6.07) is 10.0. The van der Waals surface area contributed by atoms with Crippen LogP contribution in [0, 0.1) is 0 Å². The summed E-state index contributed by atoms with van der Waals surface area (Å²) in [4.78, 5) is 16.6. The minimum Gasteiger partial charge on any atom is -0.355 e. The van der Waals surface area contributed by atoms with Crippen molar-refractivity contribution < 1.29 is 0 Å². The van der Waals surface area contributed by atoms with E-state index in [0.29, 0.717) is 12.1 Å². The molecule has 0 radical (unpaired) electrons. The summed E-state index contributed by atoms with van der Waals surface area (Å²) in [6.45, 7) is 10.1. The number of anilines is 1. The standard InChI is InChI=1S/C22H31N5/c1-17-14-26(15-18(2)25(17)3)16-19-6-8-20(9-7-19)21-12-24-22(13-23-21)27-10-4-5-11-27/h6-9,12-13,17-18H,4-5,10-11,14-16H2,1-3H3. The van der Waals surface area contributed by atoms with E-state index in [9.17, 15) is 0 Å². The molecule has 2 fully saturated rings. The van der Waals surface area contributed by atoms with Crippen molar-refractivity contribution in [1.82, 2.24) is 19.8 Å². The van der Waals surface area contributed by atoms with E-state index in [1.54, 1.807) is 0 Å². The monoisotopic (exact) mass is 365 g/mol. The summed E-state index contributed by atoms with van der Waals surface area (Å²) < 4.78 is 0. The van der Waals surface area contributed by atoms with Crippen LogP contribution in [-0.2, 0) is 6.54 Å². The third-order valence-electron chi connectivity index (χ3n) is 6.16. The van der Waals surface area contributed by atoms with Gasteiger partial charge in [0.1, 0.15) is 5.82 Å². The number of hydrogen-bond acceptors (Lipinski definition) is 5. The van der Waals surface area contributed by atoms with E-state index in [1.165, 1.54) is 18.4 Å². The molecular weight excluding hydrogens is 334 g/mol. The molecule has 0 amide bonds. The molecule has 1 aromatic carbocycles. The minimum atomic E-state index is 0.609. The molecule has 2 unspecified atom stereocenters. The number of hydrogen-bond donors (Lipinski definition) is 0. The van der Waals surface area contributed by atoms with Gasteiger partial charge in [-0.15, -0.1) is 0 Å². The molecule has 2 aromatic rings. The van der Waals surface area contributed by atoms with Gasteiger partial charge in [-0.05, 0) is 39.3 Å². The van der Waals surface area contributed by atoms with E-state index in [-0.39, 0.29) is 0 Å². The lowest BCUT2D eigenvalue weighted by atomic mass is 10.1. The molecule has 3 heterocycles. The Balaban J connectivity index is 1.40. The lowest BCUT2D eigenvalue weighted by Gasteiger charge is -2.42. The smallest absolute Gasteiger partial charge is 0.147 e. The maximum atomic E-state index is 4.65. The Labute approximate surface area is 163 Å². The average molecular weight is 366 g/mol. The summed E-state index contributed by atoms with van der Waals surface area (Å²) in [5.74, 6) is 1.01. The maximum absolute atomic E-state index is 4.65. The van der Waals surface area contributed by atoms with Crippen molar-refractivity contribution in [3.05, 3.63) is 42.2 Å². The van der Waals surface area contributed by atoms with Crippen LogP contribution in [0.4, 0.5) is 5.82 Å². The highest BCUT2D eigenvalue weighted by molar-refractivity contribution is 5.59. The van der Waals surface area contributed by atoms with Gasteiger partial charge < -0.3 is 4.90 Å². The highest BCUT2D eigenvalue weighted by Gasteiger charge is 2.26. The molecule has 0 spiro atoms. The number of rotatable bonds is 4. The zero-order valence-electron chi connectivity index (χ0n) is 16.8. The molecule has 27 heavy (non-hydrogen) atoms. The number of aromatic nitrogens is 2. The first-order valence-electron chi connectivity index (χ1n) is 10.2. The van der Waals surface area contributed by atoms with E-state index in [0.717, 1.165) is 49.8 Å². The molecule has 1 aromatic heterocycles. The molecule has 5 heteroatoms.